The summed E-state index contributed by atoms with van der Waals surface area (Å²) >= 11 is 3.32. The molecule has 0 aromatic rings. The van der Waals surface area contributed by atoms with E-state index in [0.29, 0.717) is 0 Å². The molecule has 0 N–H and O–H groups in total. The first-order valence-corrected chi connectivity index (χ1v) is 5.93. The molecule has 14 heavy (non-hydrogen) atoms. The van der Waals surface area contributed by atoms with Gasteiger partial charge in [0.1, 0.15) is 0 Å². The van der Waals surface area contributed by atoms with Crippen molar-refractivity contribution < 1.29 is 56.6 Å². The normalized spacial score (nSPS) is 7.86. The Morgan fingerprint density at radius 2 is 1.14 bits per heavy atom. The molecule has 0 spiro atoms. The summed E-state index contributed by atoms with van der Waals surface area (Å²) < 4.78 is 19.9. The number of hydrogen-bond acceptors (Lipinski definition) is 2. The molecule has 0 bridgehead atoms. The summed E-state index contributed by atoms with van der Waals surface area (Å²) in [5.74, 6) is 0. The fourth-order valence-corrected chi connectivity index (χ4v) is 1.42. The van der Waals surface area contributed by atoms with Crippen LogP contribution in [-0.4, -0.2) is 50.3 Å². The molecule has 0 rings (SSSR count). The predicted octanol–water partition coefficient (Wildman–Crippen LogP) is -0.917. The van der Waals surface area contributed by atoms with Gasteiger partial charge in [-0.3, -0.25) is 0 Å². The Morgan fingerprint density at radius 3 is 1.29 bits per heavy atom. The molecule has 0 aromatic carbocycles. The van der Waals surface area contributed by atoms with Gasteiger partial charge >= 0.3 is 107 Å². The van der Waals surface area contributed by atoms with Gasteiger partial charge in [-0.15, -0.1) is 0 Å². The van der Waals surface area contributed by atoms with E-state index in [1.165, 1.54) is 0 Å². The molecule has 0 aliphatic heterocycles. The number of rotatable bonds is 3. The van der Waals surface area contributed by atoms with Gasteiger partial charge in [0.05, 0.1) is 0 Å². The molecule has 74 valence electrons. The zero-order chi connectivity index (χ0) is 11.1. The second-order valence-corrected chi connectivity index (χ2v) is 3.93. The van der Waals surface area contributed by atoms with Crippen LogP contribution in [0.25, 0.3) is 0 Å². The molecule has 0 aliphatic carbocycles. The van der Waals surface area contributed by atoms with Crippen molar-refractivity contribution in [2.75, 3.05) is 28.2 Å². The van der Waals surface area contributed by atoms with Gasteiger partial charge in [0, 0.05) is 0 Å². The van der Waals surface area contributed by atoms with Crippen LogP contribution in [0.4, 0.5) is 0 Å². The third-order valence-corrected chi connectivity index (χ3v) is 2.07. The van der Waals surface area contributed by atoms with Gasteiger partial charge < -0.3 is 0 Å². The molecule has 0 radical (unpaired) electrons. The summed E-state index contributed by atoms with van der Waals surface area (Å²) in [6.45, 7) is -0.376. The van der Waals surface area contributed by atoms with Crippen molar-refractivity contribution in [3.63, 3.8) is 0 Å². The summed E-state index contributed by atoms with van der Waals surface area (Å²) in [5, 5.41) is 0. The van der Waals surface area contributed by atoms with Gasteiger partial charge in [0.2, 0.25) is 0 Å². The van der Waals surface area contributed by atoms with Crippen LogP contribution in [-0.2, 0) is 47.6 Å². The summed E-state index contributed by atoms with van der Waals surface area (Å²) in [4.78, 5) is 0. The average molecular weight is 358 g/mol. The first-order valence-electron chi connectivity index (χ1n) is 3.93. The van der Waals surface area contributed by atoms with Gasteiger partial charge in [-0.2, -0.15) is 0 Å². The Kier molecular flexibility index (Phi) is 7.69. The SMILES string of the molecule is C[N+](C)=[B-](O[C]#[Mo+])[B-](O[C]#[Mo+])=[N+](C)C. The van der Waals surface area contributed by atoms with Crippen LogP contribution in [0, 0.1) is 8.78 Å². The van der Waals surface area contributed by atoms with E-state index >= 15 is 0 Å². The third kappa shape index (κ3) is 4.67. The van der Waals surface area contributed by atoms with E-state index in [0.717, 1.165) is 0 Å². The molecular formula is C6H12B2Mo2N2O2+2. The van der Waals surface area contributed by atoms with Crippen LogP contribution in [0.15, 0.2) is 0 Å². The maximum atomic E-state index is 5.35. The zero-order valence-electron chi connectivity index (χ0n) is 8.68. The van der Waals surface area contributed by atoms with Crippen molar-refractivity contribution in [3.8, 4) is 8.78 Å². The Hall–Kier alpha value is 0.266. The topological polar surface area (TPSA) is 24.5 Å². The second-order valence-electron chi connectivity index (χ2n) is 3.11. The van der Waals surface area contributed by atoms with E-state index in [1.807, 2.05) is 37.1 Å². The summed E-state index contributed by atoms with van der Waals surface area (Å²) in [6, 6.07) is 0. The summed E-state index contributed by atoms with van der Waals surface area (Å²) in [6.07, 6.45) is 0. The van der Waals surface area contributed by atoms with Gasteiger partial charge in [0.15, 0.2) is 0 Å². The fourth-order valence-electron chi connectivity index (χ4n) is 0.936. The van der Waals surface area contributed by atoms with Gasteiger partial charge in [-0.25, -0.2) is 0 Å². The Morgan fingerprint density at radius 1 is 0.857 bits per heavy atom. The van der Waals surface area contributed by atoms with Gasteiger partial charge in [0.25, 0.3) is 0 Å². The minimum absolute atomic E-state index is 0.188. The Balaban J connectivity index is 5.22. The quantitative estimate of drug-likeness (QED) is 0.611. The van der Waals surface area contributed by atoms with Crippen LogP contribution >= 0.6 is 0 Å². The van der Waals surface area contributed by atoms with Crippen molar-refractivity contribution in [2.24, 2.45) is 0 Å². The third-order valence-electron chi connectivity index (χ3n) is 1.60. The average Bonchev–Trinajstić information content (AvgIpc) is 2.10. The molecule has 4 nitrogen and oxygen atoms in total. The maximum absolute atomic E-state index is 5.35. The van der Waals surface area contributed by atoms with E-state index in [9.17, 15) is 0 Å². The Labute approximate surface area is 106 Å². The number of hydrogen-bond donors (Lipinski definition) is 0. The van der Waals surface area contributed by atoms with Crippen molar-refractivity contribution in [2.45, 2.75) is 0 Å². The number of nitrogens with zero attached hydrogens (tertiary/aromatic N) is 2. The molecular weight excluding hydrogens is 346 g/mol. The van der Waals surface area contributed by atoms with Gasteiger partial charge in [-0.1, -0.05) is 0 Å². The van der Waals surface area contributed by atoms with Crippen LogP contribution in [0.3, 0.4) is 0 Å². The van der Waals surface area contributed by atoms with E-state index in [-0.39, 0.29) is 13.2 Å². The van der Waals surface area contributed by atoms with Crippen molar-refractivity contribution in [1.29, 1.82) is 0 Å². The predicted molar refractivity (Wildman–Crippen MR) is 45.7 cm³/mol. The fraction of sp³-hybridized carbons (Fsp3) is 0.667. The van der Waals surface area contributed by atoms with Crippen LogP contribution < -0.4 is 0 Å². The molecule has 0 fully saturated rings. The molecule has 0 unspecified atom stereocenters. The van der Waals surface area contributed by atoms with Crippen LogP contribution in [0.1, 0.15) is 0 Å². The summed E-state index contributed by atoms with van der Waals surface area (Å²) in [7, 11) is 7.72. The first-order chi connectivity index (χ1) is 6.54. The zero-order valence-corrected chi connectivity index (χ0v) is 12.7. The van der Waals surface area contributed by atoms with E-state index in [4.69, 9.17) is 9.31 Å². The van der Waals surface area contributed by atoms with Crippen molar-refractivity contribution >= 4 is 13.2 Å². The molecule has 0 heterocycles. The molecule has 0 aromatic heterocycles. The molecule has 0 saturated heterocycles. The molecule has 0 saturated carbocycles. The molecule has 0 atom stereocenters. The standard InChI is InChI=1S/C6H12B2N2O2.2Mo/c1-9(2)7(11-5)8(12-6)10(3)4;;/h1-4H3;;/q;2*+1. The molecule has 0 amide bonds. The van der Waals surface area contributed by atoms with Gasteiger partial charge in [-0.05, 0) is 0 Å². The molecule has 0 aliphatic rings. The van der Waals surface area contributed by atoms with E-state index in [2.05, 4.69) is 8.78 Å². The van der Waals surface area contributed by atoms with E-state index < -0.39 is 0 Å². The first kappa shape index (κ1) is 14.3. The van der Waals surface area contributed by atoms with Crippen LogP contribution in [0.5, 0.6) is 0 Å². The van der Waals surface area contributed by atoms with Crippen molar-refractivity contribution in [1.82, 2.24) is 0 Å². The van der Waals surface area contributed by atoms with Crippen molar-refractivity contribution in [3.05, 3.63) is 0 Å². The Bertz CT molecular complexity index is 323. The second kappa shape index (κ2) is 7.54. The minimum atomic E-state index is -0.188. The monoisotopic (exact) mass is 362 g/mol. The van der Waals surface area contributed by atoms with Crippen LogP contribution in [0.2, 0.25) is 0 Å². The molecule has 8 heteroatoms. The van der Waals surface area contributed by atoms with E-state index in [1.54, 1.807) is 38.3 Å². The summed E-state index contributed by atoms with van der Waals surface area (Å²) in [5.41, 5.74) is 0.